The van der Waals surface area contributed by atoms with Crippen molar-refractivity contribution in [1.82, 2.24) is 14.7 Å². The van der Waals surface area contributed by atoms with E-state index in [9.17, 15) is 9.59 Å². The molecule has 1 aromatic heterocycles. The minimum absolute atomic E-state index is 0.00767. The van der Waals surface area contributed by atoms with Gasteiger partial charge in [-0.3, -0.25) is 9.59 Å². The summed E-state index contributed by atoms with van der Waals surface area (Å²) in [4.78, 5) is 26.0. The van der Waals surface area contributed by atoms with Crippen molar-refractivity contribution in [2.24, 2.45) is 11.7 Å². The van der Waals surface area contributed by atoms with Gasteiger partial charge >= 0.3 is 0 Å². The van der Waals surface area contributed by atoms with Gasteiger partial charge in [0.25, 0.3) is 0 Å². The van der Waals surface area contributed by atoms with Crippen LogP contribution < -0.4 is 11.1 Å². The minimum atomic E-state index is -0.405. The molecule has 0 spiro atoms. The van der Waals surface area contributed by atoms with Crippen molar-refractivity contribution < 1.29 is 9.59 Å². The molecule has 0 unspecified atom stereocenters. The standard InChI is InChI=1S/C17H29N5O2/c1-4-14(18)17(24)21-9-6-13(7-10-21)22-15(5-8-19-22)20-16(23)11-12(2)3/h5,8,12-14H,4,6-7,9-11,18H2,1-3H3,(H,20,23)/t14-/m0/s1. The summed E-state index contributed by atoms with van der Waals surface area (Å²) in [6, 6.07) is 1.61. The van der Waals surface area contributed by atoms with Gasteiger partial charge in [0.2, 0.25) is 11.8 Å². The zero-order valence-electron chi connectivity index (χ0n) is 14.9. The number of carbonyl (C=O) groups is 2. The first kappa shape index (κ1) is 18.4. The highest BCUT2D eigenvalue weighted by atomic mass is 16.2. The highest BCUT2D eigenvalue weighted by Gasteiger charge is 2.27. The third kappa shape index (κ3) is 4.56. The van der Waals surface area contributed by atoms with E-state index in [-0.39, 0.29) is 17.9 Å². The Labute approximate surface area is 143 Å². The second-order valence-corrected chi connectivity index (χ2v) is 6.88. The second kappa shape index (κ2) is 8.28. The molecule has 134 valence electrons. The molecule has 1 atom stereocenters. The molecular formula is C17H29N5O2. The van der Waals surface area contributed by atoms with Crippen LogP contribution in [0, 0.1) is 5.92 Å². The van der Waals surface area contributed by atoms with Crippen molar-refractivity contribution in [2.75, 3.05) is 18.4 Å². The fourth-order valence-electron chi connectivity index (χ4n) is 3.01. The summed E-state index contributed by atoms with van der Waals surface area (Å²) in [6.07, 6.45) is 4.49. The van der Waals surface area contributed by atoms with Crippen LogP contribution in [-0.2, 0) is 9.59 Å². The smallest absolute Gasteiger partial charge is 0.239 e. The summed E-state index contributed by atoms with van der Waals surface area (Å²) in [5, 5.41) is 7.31. The Bertz CT molecular complexity index is 561. The van der Waals surface area contributed by atoms with Crippen LogP contribution in [0.5, 0.6) is 0 Å². The lowest BCUT2D eigenvalue weighted by atomic mass is 10.0. The van der Waals surface area contributed by atoms with Gasteiger partial charge in [-0.1, -0.05) is 20.8 Å². The number of carbonyl (C=O) groups excluding carboxylic acids is 2. The zero-order chi connectivity index (χ0) is 17.7. The molecule has 3 N–H and O–H groups in total. The monoisotopic (exact) mass is 335 g/mol. The van der Waals surface area contributed by atoms with E-state index in [1.165, 1.54) is 0 Å². The van der Waals surface area contributed by atoms with E-state index in [0.717, 1.165) is 18.7 Å². The van der Waals surface area contributed by atoms with Gasteiger partial charge in [-0.05, 0) is 25.2 Å². The number of hydrogen-bond donors (Lipinski definition) is 2. The summed E-state index contributed by atoms with van der Waals surface area (Å²) in [7, 11) is 0. The van der Waals surface area contributed by atoms with Crippen LogP contribution in [0.2, 0.25) is 0 Å². The second-order valence-electron chi connectivity index (χ2n) is 6.88. The lowest BCUT2D eigenvalue weighted by Crippen LogP contribution is -2.47. The van der Waals surface area contributed by atoms with Crippen molar-refractivity contribution in [3.05, 3.63) is 12.3 Å². The molecule has 2 heterocycles. The molecule has 0 aliphatic carbocycles. The lowest BCUT2D eigenvalue weighted by Gasteiger charge is -2.34. The van der Waals surface area contributed by atoms with Gasteiger partial charge in [-0.2, -0.15) is 5.10 Å². The Morgan fingerprint density at radius 2 is 2.04 bits per heavy atom. The first-order chi connectivity index (χ1) is 11.4. The van der Waals surface area contributed by atoms with E-state index >= 15 is 0 Å². The largest absolute Gasteiger partial charge is 0.341 e. The van der Waals surface area contributed by atoms with Crippen molar-refractivity contribution in [1.29, 1.82) is 0 Å². The van der Waals surface area contributed by atoms with Crippen molar-refractivity contribution in [3.8, 4) is 0 Å². The van der Waals surface area contributed by atoms with Gasteiger partial charge in [-0.15, -0.1) is 0 Å². The Balaban J connectivity index is 1.94. The Morgan fingerprint density at radius 3 is 2.62 bits per heavy atom. The van der Waals surface area contributed by atoms with Crippen LogP contribution in [0.4, 0.5) is 5.82 Å². The Hall–Kier alpha value is -1.89. The van der Waals surface area contributed by atoms with E-state index in [0.29, 0.717) is 31.8 Å². The maximum Gasteiger partial charge on any atom is 0.239 e. The molecule has 2 rings (SSSR count). The number of nitrogens with zero attached hydrogens (tertiary/aromatic N) is 3. The van der Waals surface area contributed by atoms with Crippen molar-refractivity contribution in [2.45, 2.75) is 58.5 Å². The molecule has 0 saturated carbocycles. The summed E-state index contributed by atoms with van der Waals surface area (Å²) in [5.74, 6) is 1.09. The SMILES string of the molecule is CC[C@H](N)C(=O)N1CCC(n2nccc2NC(=O)CC(C)C)CC1. The normalized spacial score (nSPS) is 17.1. The van der Waals surface area contributed by atoms with Crippen LogP contribution >= 0.6 is 0 Å². The molecule has 0 radical (unpaired) electrons. The van der Waals surface area contributed by atoms with Gasteiger partial charge in [0, 0.05) is 25.6 Å². The van der Waals surface area contributed by atoms with Crippen molar-refractivity contribution in [3.63, 3.8) is 0 Å². The number of piperidine rings is 1. The molecule has 1 fully saturated rings. The number of hydrogen-bond acceptors (Lipinski definition) is 4. The minimum Gasteiger partial charge on any atom is -0.341 e. The molecule has 1 saturated heterocycles. The van der Waals surface area contributed by atoms with Gasteiger partial charge in [-0.25, -0.2) is 4.68 Å². The first-order valence-electron chi connectivity index (χ1n) is 8.80. The van der Waals surface area contributed by atoms with Gasteiger partial charge < -0.3 is 16.0 Å². The number of aromatic nitrogens is 2. The lowest BCUT2D eigenvalue weighted by molar-refractivity contribution is -0.134. The summed E-state index contributed by atoms with van der Waals surface area (Å²) < 4.78 is 1.87. The maximum atomic E-state index is 12.2. The van der Waals surface area contributed by atoms with E-state index in [4.69, 9.17) is 5.73 Å². The van der Waals surface area contributed by atoms with Crippen molar-refractivity contribution >= 4 is 17.6 Å². The van der Waals surface area contributed by atoms with Crippen LogP contribution in [0.25, 0.3) is 0 Å². The summed E-state index contributed by atoms with van der Waals surface area (Å²) in [6.45, 7) is 7.31. The predicted molar refractivity (Wildman–Crippen MR) is 93.4 cm³/mol. The topological polar surface area (TPSA) is 93.2 Å². The van der Waals surface area contributed by atoms with Crippen LogP contribution in [0.1, 0.15) is 52.5 Å². The third-order valence-corrected chi connectivity index (χ3v) is 4.41. The molecule has 7 heteroatoms. The molecule has 2 amide bonds. The van der Waals surface area contributed by atoms with E-state index in [2.05, 4.69) is 10.4 Å². The number of nitrogens with two attached hydrogens (primary N) is 1. The van der Waals surface area contributed by atoms with Gasteiger partial charge in [0.1, 0.15) is 5.82 Å². The molecular weight excluding hydrogens is 306 g/mol. The van der Waals surface area contributed by atoms with Crippen LogP contribution in [0.15, 0.2) is 12.3 Å². The molecule has 0 aromatic carbocycles. The Kier molecular flexibility index (Phi) is 6.36. The van der Waals surface area contributed by atoms with E-state index in [1.807, 2.05) is 36.4 Å². The summed E-state index contributed by atoms with van der Waals surface area (Å²) >= 11 is 0. The van der Waals surface area contributed by atoms with E-state index < -0.39 is 6.04 Å². The number of nitrogens with one attached hydrogen (secondary N) is 1. The quantitative estimate of drug-likeness (QED) is 0.828. The molecule has 0 bridgehead atoms. The zero-order valence-corrected chi connectivity index (χ0v) is 14.9. The number of anilines is 1. The highest BCUT2D eigenvalue weighted by molar-refractivity contribution is 5.89. The number of amides is 2. The molecule has 7 nitrogen and oxygen atoms in total. The van der Waals surface area contributed by atoms with Gasteiger partial charge in [0.05, 0.1) is 18.3 Å². The third-order valence-electron chi connectivity index (χ3n) is 4.41. The van der Waals surface area contributed by atoms with Crippen LogP contribution in [0.3, 0.4) is 0 Å². The molecule has 1 aliphatic heterocycles. The average Bonchev–Trinajstić information content (AvgIpc) is 3.00. The number of likely N-dealkylation sites (tertiary alicyclic amines) is 1. The molecule has 1 aromatic rings. The summed E-state index contributed by atoms with van der Waals surface area (Å²) in [5.41, 5.74) is 5.84. The fraction of sp³-hybridized carbons (Fsp3) is 0.706. The van der Waals surface area contributed by atoms with Crippen LogP contribution in [-0.4, -0.2) is 45.6 Å². The maximum absolute atomic E-state index is 12.2. The average molecular weight is 335 g/mol. The molecule has 24 heavy (non-hydrogen) atoms. The fourth-order valence-corrected chi connectivity index (χ4v) is 3.01. The predicted octanol–water partition coefficient (Wildman–Crippen LogP) is 1.77. The molecule has 1 aliphatic rings. The first-order valence-corrected chi connectivity index (χ1v) is 8.80. The van der Waals surface area contributed by atoms with E-state index in [1.54, 1.807) is 6.20 Å². The van der Waals surface area contributed by atoms with Gasteiger partial charge in [0.15, 0.2) is 0 Å². The highest BCUT2D eigenvalue weighted by Crippen LogP contribution is 2.26. The Morgan fingerprint density at radius 1 is 1.38 bits per heavy atom. The number of rotatable bonds is 6.